The number of hydrogen-bond donors (Lipinski definition) is 0. The zero-order valence-electron chi connectivity index (χ0n) is 5.15. The minimum Gasteiger partial charge on any atom is -0.258 e. The maximum absolute atomic E-state index is 10.1. The molecular formula is C7H5NO2. The Balaban J connectivity index is 3.15. The summed E-state index contributed by atoms with van der Waals surface area (Å²) < 4.78 is 0. The van der Waals surface area contributed by atoms with E-state index >= 15 is 0 Å². The third-order valence-electron chi connectivity index (χ3n) is 1.13. The van der Waals surface area contributed by atoms with Crippen LogP contribution in [0.3, 0.4) is 0 Å². The van der Waals surface area contributed by atoms with Crippen LogP contribution in [0, 0.1) is 17.0 Å². The summed E-state index contributed by atoms with van der Waals surface area (Å²) in [5, 5.41) is 10.1. The van der Waals surface area contributed by atoms with Crippen molar-refractivity contribution in [2.45, 2.75) is 0 Å². The lowest BCUT2D eigenvalue weighted by atomic mass is 10.2. The van der Waals surface area contributed by atoms with Crippen LogP contribution in [0.5, 0.6) is 0 Å². The summed E-state index contributed by atoms with van der Waals surface area (Å²) in [6.07, 6.45) is 0. The first-order valence-corrected chi connectivity index (χ1v) is 2.70. The second-order valence-electron chi connectivity index (χ2n) is 1.82. The smallest absolute Gasteiger partial charge is 0.258 e. The maximum Gasteiger partial charge on any atom is 0.272 e. The Bertz CT molecular complexity index is 258. The molecule has 0 unspecified atom stereocenters. The van der Waals surface area contributed by atoms with Gasteiger partial charge in [-0.05, 0) is 0 Å². The van der Waals surface area contributed by atoms with Crippen LogP contribution < -0.4 is 0 Å². The van der Waals surface area contributed by atoms with Crippen molar-refractivity contribution in [3.05, 3.63) is 46.9 Å². The van der Waals surface area contributed by atoms with Crippen LogP contribution in [0.25, 0.3) is 0 Å². The van der Waals surface area contributed by atoms with E-state index < -0.39 is 4.92 Å². The van der Waals surface area contributed by atoms with Crippen LogP contribution in [0.2, 0.25) is 0 Å². The van der Waals surface area contributed by atoms with Gasteiger partial charge >= 0.3 is 0 Å². The van der Waals surface area contributed by atoms with Crippen molar-refractivity contribution >= 4 is 5.69 Å². The Morgan fingerprint density at radius 3 is 2.40 bits per heavy atom. The lowest BCUT2D eigenvalue weighted by Gasteiger charge is -1.92. The Morgan fingerprint density at radius 2 is 2.00 bits per heavy atom. The fourth-order valence-electron chi connectivity index (χ4n) is 0.654. The average Bonchev–Trinajstić information content (AvgIpc) is 1.88. The average molecular weight is 135 g/mol. The van der Waals surface area contributed by atoms with Gasteiger partial charge in [-0.25, -0.2) is 0 Å². The van der Waals surface area contributed by atoms with Crippen LogP contribution >= 0.6 is 0 Å². The molecule has 3 nitrogen and oxygen atoms in total. The molecule has 0 spiro atoms. The fourth-order valence-corrected chi connectivity index (χ4v) is 0.654. The lowest BCUT2D eigenvalue weighted by Crippen LogP contribution is -1.89. The molecule has 0 saturated carbocycles. The van der Waals surface area contributed by atoms with E-state index in [1.807, 2.05) is 0 Å². The summed E-state index contributed by atoms with van der Waals surface area (Å²) in [6.45, 7) is 5.28. The van der Waals surface area contributed by atoms with E-state index in [-0.39, 0.29) is 11.3 Å². The number of nitro benzene ring substituents is 1. The van der Waals surface area contributed by atoms with Gasteiger partial charge in [0.1, 0.15) is 0 Å². The third-order valence-corrected chi connectivity index (χ3v) is 1.13. The number of rotatable bonds is 1. The van der Waals surface area contributed by atoms with Crippen LogP contribution in [-0.2, 0) is 0 Å². The molecule has 1 aromatic rings. The Hall–Kier alpha value is -1.38. The molecule has 0 heterocycles. The van der Waals surface area contributed by atoms with Gasteiger partial charge in [0.2, 0.25) is 0 Å². The molecule has 50 valence electrons. The number of para-hydroxylation sites is 1. The first-order chi connectivity index (χ1) is 4.72. The molecule has 0 amide bonds. The molecule has 0 saturated heterocycles. The standard InChI is InChI=1S/C7H5NO2/c1-6-4-2-3-5-7(6)8(9)10/h1-5H. The van der Waals surface area contributed by atoms with E-state index in [0.29, 0.717) is 0 Å². The highest BCUT2D eigenvalue weighted by molar-refractivity contribution is 5.41. The second kappa shape index (κ2) is 2.47. The van der Waals surface area contributed by atoms with Crippen molar-refractivity contribution in [3.8, 4) is 0 Å². The monoisotopic (exact) mass is 135 g/mol. The zero-order chi connectivity index (χ0) is 7.56. The highest BCUT2D eigenvalue weighted by atomic mass is 16.6. The first-order valence-electron chi connectivity index (χ1n) is 2.70. The quantitative estimate of drug-likeness (QED) is 0.434. The fraction of sp³-hybridized carbons (Fsp3) is 0. The van der Waals surface area contributed by atoms with Gasteiger partial charge in [-0.3, -0.25) is 10.1 Å². The summed E-state index contributed by atoms with van der Waals surface area (Å²) in [7, 11) is 0. The molecule has 0 N–H and O–H groups in total. The molecule has 3 heteroatoms. The van der Waals surface area contributed by atoms with E-state index in [2.05, 4.69) is 0 Å². The van der Waals surface area contributed by atoms with Crippen molar-refractivity contribution < 1.29 is 4.92 Å². The molecule has 0 aromatic heterocycles. The minimum atomic E-state index is -0.505. The van der Waals surface area contributed by atoms with Crippen LogP contribution in [-0.4, -0.2) is 4.92 Å². The summed E-state index contributed by atoms with van der Waals surface area (Å²) in [4.78, 5) is 9.64. The Morgan fingerprint density at radius 1 is 1.40 bits per heavy atom. The SMILES string of the molecule is [CH]c1ccccc1[N+](=O)[O-]. The summed E-state index contributed by atoms with van der Waals surface area (Å²) >= 11 is 0. The molecule has 0 aliphatic rings. The predicted molar refractivity (Wildman–Crippen MR) is 36.5 cm³/mol. The highest BCUT2D eigenvalue weighted by Crippen LogP contribution is 2.14. The predicted octanol–water partition coefficient (Wildman–Crippen LogP) is 1.65. The summed E-state index contributed by atoms with van der Waals surface area (Å²) in [5.74, 6) is 0. The van der Waals surface area contributed by atoms with Gasteiger partial charge in [0, 0.05) is 18.6 Å². The minimum absolute atomic E-state index is 0.0394. The Kier molecular flexibility index (Phi) is 1.67. The van der Waals surface area contributed by atoms with Crippen molar-refractivity contribution in [1.29, 1.82) is 0 Å². The van der Waals surface area contributed by atoms with Crippen molar-refractivity contribution in [1.82, 2.24) is 0 Å². The molecular weight excluding hydrogens is 130 g/mol. The van der Waals surface area contributed by atoms with Crippen LogP contribution in [0.15, 0.2) is 24.3 Å². The van der Waals surface area contributed by atoms with Crippen LogP contribution in [0.4, 0.5) is 5.69 Å². The van der Waals surface area contributed by atoms with Gasteiger partial charge in [-0.2, -0.15) is 0 Å². The molecule has 2 radical (unpaired) electrons. The molecule has 0 aliphatic carbocycles. The molecule has 0 fully saturated rings. The number of nitrogens with zero attached hydrogens (tertiary/aromatic N) is 1. The maximum atomic E-state index is 10.1. The second-order valence-corrected chi connectivity index (χ2v) is 1.82. The van der Waals surface area contributed by atoms with Gasteiger partial charge in [0.05, 0.1) is 4.92 Å². The van der Waals surface area contributed by atoms with Gasteiger partial charge in [0.25, 0.3) is 5.69 Å². The number of hydrogen-bond acceptors (Lipinski definition) is 2. The summed E-state index contributed by atoms with van der Waals surface area (Å²) in [5.41, 5.74) is 0.162. The molecule has 10 heavy (non-hydrogen) atoms. The zero-order valence-corrected chi connectivity index (χ0v) is 5.15. The van der Waals surface area contributed by atoms with E-state index in [1.54, 1.807) is 12.1 Å². The van der Waals surface area contributed by atoms with E-state index in [4.69, 9.17) is 6.92 Å². The van der Waals surface area contributed by atoms with Gasteiger partial charge in [0.15, 0.2) is 0 Å². The van der Waals surface area contributed by atoms with E-state index in [9.17, 15) is 10.1 Å². The summed E-state index contributed by atoms with van der Waals surface area (Å²) in [6, 6.07) is 6.10. The molecule has 1 aromatic carbocycles. The van der Waals surface area contributed by atoms with E-state index in [0.717, 1.165) is 0 Å². The van der Waals surface area contributed by atoms with Crippen molar-refractivity contribution in [2.75, 3.05) is 0 Å². The van der Waals surface area contributed by atoms with Gasteiger partial charge in [-0.1, -0.05) is 18.2 Å². The Labute approximate surface area is 58.4 Å². The third kappa shape index (κ3) is 1.13. The topological polar surface area (TPSA) is 43.1 Å². The van der Waals surface area contributed by atoms with Crippen molar-refractivity contribution in [2.24, 2.45) is 0 Å². The first kappa shape index (κ1) is 6.74. The van der Waals surface area contributed by atoms with E-state index in [1.165, 1.54) is 12.1 Å². The molecule has 0 atom stereocenters. The van der Waals surface area contributed by atoms with Gasteiger partial charge in [-0.15, -0.1) is 0 Å². The largest absolute Gasteiger partial charge is 0.272 e. The number of benzene rings is 1. The number of nitro groups is 1. The molecule has 0 aliphatic heterocycles. The van der Waals surface area contributed by atoms with Crippen molar-refractivity contribution in [3.63, 3.8) is 0 Å². The van der Waals surface area contributed by atoms with Gasteiger partial charge < -0.3 is 0 Å². The lowest BCUT2D eigenvalue weighted by molar-refractivity contribution is -0.385. The highest BCUT2D eigenvalue weighted by Gasteiger charge is 2.06. The molecule has 0 bridgehead atoms. The normalized spacial score (nSPS) is 9.30. The molecule has 1 rings (SSSR count). The van der Waals surface area contributed by atoms with Crippen LogP contribution in [0.1, 0.15) is 5.56 Å².